The van der Waals surface area contributed by atoms with Gasteiger partial charge in [-0.15, -0.1) is 11.3 Å². The molecular formula is C30H33N5O2S2. The molecule has 4 aromatic rings. The molecule has 0 unspecified atom stereocenters. The zero-order valence-electron chi connectivity index (χ0n) is 22.6. The Morgan fingerprint density at radius 1 is 1.10 bits per heavy atom. The van der Waals surface area contributed by atoms with Gasteiger partial charge in [-0.3, -0.25) is 14.2 Å². The van der Waals surface area contributed by atoms with Gasteiger partial charge in [0.15, 0.2) is 5.16 Å². The number of hydrazone groups is 1. The van der Waals surface area contributed by atoms with E-state index in [1.54, 1.807) is 22.1 Å². The Morgan fingerprint density at radius 2 is 1.82 bits per heavy atom. The topological polar surface area (TPSA) is 79.6 Å². The van der Waals surface area contributed by atoms with Gasteiger partial charge in [-0.2, -0.15) is 5.10 Å². The van der Waals surface area contributed by atoms with Crippen LogP contribution in [0.1, 0.15) is 48.3 Å². The molecule has 7 nitrogen and oxygen atoms in total. The number of aromatic nitrogens is 2. The van der Waals surface area contributed by atoms with E-state index >= 15 is 0 Å². The number of carbonyl (C=O) groups excluding carboxylic acids is 1. The van der Waals surface area contributed by atoms with Crippen molar-refractivity contribution in [2.45, 2.75) is 51.6 Å². The molecule has 0 bridgehead atoms. The summed E-state index contributed by atoms with van der Waals surface area (Å²) in [5, 5.41) is 5.38. The number of carbonyl (C=O) groups is 1. The highest BCUT2D eigenvalue weighted by Gasteiger charge is 2.23. The average Bonchev–Trinajstić information content (AvgIpc) is 3.33. The number of nitrogens with one attached hydrogen (secondary N) is 1. The molecule has 0 atom stereocenters. The number of nitrogens with zero attached hydrogens (tertiary/aromatic N) is 4. The van der Waals surface area contributed by atoms with Gasteiger partial charge in [-0.25, -0.2) is 10.4 Å². The summed E-state index contributed by atoms with van der Waals surface area (Å²) in [5.41, 5.74) is 7.64. The van der Waals surface area contributed by atoms with Crippen LogP contribution in [0.4, 0.5) is 5.69 Å². The molecule has 1 N–H and O–H groups in total. The Hall–Kier alpha value is -3.43. The molecule has 9 heteroatoms. The van der Waals surface area contributed by atoms with Crippen molar-refractivity contribution >= 4 is 51.1 Å². The molecule has 1 aliphatic rings. The van der Waals surface area contributed by atoms with Gasteiger partial charge in [-0.1, -0.05) is 41.6 Å². The first-order valence-electron chi connectivity index (χ1n) is 13.4. The molecule has 0 radical (unpaired) electrons. The molecular weight excluding hydrogens is 526 g/mol. The number of thioether (sulfide) groups is 1. The Morgan fingerprint density at radius 3 is 2.54 bits per heavy atom. The summed E-state index contributed by atoms with van der Waals surface area (Å²) in [5.74, 6) is -0.168. The molecule has 0 aliphatic heterocycles. The fourth-order valence-corrected chi connectivity index (χ4v) is 7.01. The zero-order chi connectivity index (χ0) is 27.4. The Kier molecular flexibility index (Phi) is 8.47. The molecule has 0 saturated heterocycles. The predicted molar refractivity (Wildman–Crippen MR) is 163 cm³/mol. The number of fused-ring (bicyclic) bond motifs is 3. The van der Waals surface area contributed by atoms with E-state index in [4.69, 9.17) is 4.98 Å². The third-order valence-corrected chi connectivity index (χ3v) is 9.13. The normalized spacial score (nSPS) is 13.1. The zero-order valence-corrected chi connectivity index (χ0v) is 24.2. The highest BCUT2D eigenvalue weighted by atomic mass is 32.2. The lowest BCUT2D eigenvalue weighted by atomic mass is 9.97. The fraction of sp³-hybridized carbons (Fsp3) is 0.333. The number of aryl methyl sites for hydroxylation is 3. The standard InChI is InChI=1S/C30H33N5O2S2/c1-4-34(5-2)22-16-12-21(13-17-22)18-31-33-26(36)19-38-30-32-28-27(24-8-6-7-9-25(24)39-28)29(37)35(30)23-14-10-20(3)11-15-23/h10-18H,4-9,19H2,1-3H3,(H,33,36). The van der Waals surface area contributed by atoms with Crippen LogP contribution in [0.15, 0.2) is 63.6 Å². The number of rotatable bonds is 9. The van der Waals surface area contributed by atoms with Crippen LogP contribution in [0, 0.1) is 6.92 Å². The van der Waals surface area contributed by atoms with E-state index in [-0.39, 0.29) is 17.2 Å². The van der Waals surface area contributed by atoms with Crippen LogP contribution in [0.3, 0.4) is 0 Å². The maximum Gasteiger partial charge on any atom is 0.267 e. The smallest absolute Gasteiger partial charge is 0.267 e. The average molecular weight is 560 g/mol. The minimum atomic E-state index is -0.258. The summed E-state index contributed by atoms with van der Waals surface area (Å²) < 4.78 is 1.65. The summed E-state index contributed by atoms with van der Waals surface area (Å²) in [6.07, 6.45) is 5.80. The lowest BCUT2D eigenvalue weighted by Gasteiger charge is -2.20. The second-order valence-electron chi connectivity index (χ2n) is 9.61. The second kappa shape index (κ2) is 12.2. The van der Waals surface area contributed by atoms with E-state index in [9.17, 15) is 9.59 Å². The van der Waals surface area contributed by atoms with Gasteiger partial charge >= 0.3 is 0 Å². The van der Waals surface area contributed by atoms with E-state index in [0.717, 1.165) is 77.1 Å². The molecule has 5 rings (SSSR count). The molecule has 202 valence electrons. The highest BCUT2D eigenvalue weighted by Crippen LogP contribution is 2.35. The molecule has 1 amide bonds. The van der Waals surface area contributed by atoms with E-state index in [1.165, 1.54) is 16.6 Å². The van der Waals surface area contributed by atoms with Crippen LogP contribution in [0.2, 0.25) is 0 Å². The molecule has 0 fully saturated rings. The third-order valence-electron chi connectivity index (χ3n) is 7.01. The second-order valence-corrected chi connectivity index (χ2v) is 11.6. The van der Waals surface area contributed by atoms with Crippen LogP contribution < -0.4 is 15.9 Å². The van der Waals surface area contributed by atoms with Crippen molar-refractivity contribution in [3.63, 3.8) is 0 Å². The molecule has 0 spiro atoms. The van der Waals surface area contributed by atoms with Crippen LogP contribution in [0.5, 0.6) is 0 Å². The minimum absolute atomic E-state index is 0.0580. The van der Waals surface area contributed by atoms with Crippen LogP contribution in [-0.2, 0) is 17.6 Å². The molecule has 2 aromatic heterocycles. The first-order valence-corrected chi connectivity index (χ1v) is 15.2. The van der Waals surface area contributed by atoms with E-state index in [1.807, 2.05) is 43.3 Å². The first kappa shape index (κ1) is 27.1. The van der Waals surface area contributed by atoms with Gasteiger partial charge < -0.3 is 4.90 Å². The van der Waals surface area contributed by atoms with Crippen molar-refractivity contribution in [2.75, 3.05) is 23.7 Å². The molecule has 2 heterocycles. The van der Waals surface area contributed by atoms with Crippen LogP contribution in [0.25, 0.3) is 15.9 Å². The Bertz CT molecular complexity index is 1550. The fourth-order valence-electron chi connectivity index (χ4n) is 4.91. The molecule has 39 heavy (non-hydrogen) atoms. The van der Waals surface area contributed by atoms with Gasteiger partial charge in [0.1, 0.15) is 4.83 Å². The largest absolute Gasteiger partial charge is 0.372 e. The summed E-state index contributed by atoms with van der Waals surface area (Å²) in [7, 11) is 0. The van der Waals surface area contributed by atoms with Gasteiger partial charge in [-0.05, 0) is 81.8 Å². The summed E-state index contributed by atoms with van der Waals surface area (Å²) in [6.45, 7) is 8.18. The maximum absolute atomic E-state index is 13.8. The quantitative estimate of drug-likeness (QED) is 0.123. The van der Waals surface area contributed by atoms with E-state index in [0.29, 0.717) is 5.16 Å². The van der Waals surface area contributed by atoms with Crippen molar-refractivity contribution < 1.29 is 4.79 Å². The van der Waals surface area contributed by atoms with E-state index < -0.39 is 0 Å². The number of hydrogen-bond donors (Lipinski definition) is 1. The molecule has 1 aliphatic carbocycles. The van der Waals surface area contributed by atoms with Crippen molar-refractivity contribution in [3.8, 4) is 5.69 Å². The van der Waals surface area contributed by atoms with Crippen molar-refractivity contribution in [2.24, 2.45) is 5.10 Å². The highest BCUT2D eigenvalue weighted by molar-refractivity contribution is 7.99. The first-order chi connectivity index (χ1) is 19.0. The van der Waals surface area contributed by atoms with Crippen LogP contribution >= 0.6 is 23.1 Å². The third kappa shape index (κ3) is 5.94. The van der Waals surface area contributed by atoms with Gasteiger partial charge in [0.2, 0.25) is 0 Å². The number of anilines is 1. The van der Waals surface area contributed by atoms with Crippen molar-refractivity contribution in [1.29, 1.82) is 0 Å². The predicted octanol–water partition coefficient (Wildman–Crippen LogP) is 5.72. The van der Waals surface area contributed by atoms with Crippen molar-refractivity contribution in [3.05, 3.63) is 80.5 Å². The maximum atomic E-state index is 13.8. The Balaban J connectivity index is 1.34. The molecule has 2 aromatic carbocycles. The lowest BCUT2D eigenvalue weighted by Crippen LogP contribution is -2.24. The number of hydrogen-bond acceptors (Lipinski definition) is 7. The van der Waals surface area contributed by atoms with Crippen LogP contribution in [-0.4, -0.2) is 40.5 Å². The van der Waals surface area contributed by atoms with Gasteiger partial charge in [0.25, 0.3) is 11.5 Å². The summed E-state index contributed by atoms with van der Waals surface area (Å²) in [6, 6.07) is 15.9. The van der Waals surface area contributed by atoms with Gasteiger partial charge in [0, 0.05) is 23.7 Å². The molecule has 0 saturated carbocycles. The van der Waals surface area contributed by atoms with Gasteiger partial charge in [0.05, 0.1) is 23.0 Å². The summed E-state index contributed by atoms with van der Waals surface area (Å²) >= 11 is 2.87. The summed E-state index contributed by atoms with van der Waals surface area (Å²) in [4.78, 5) is 35.7. The number of thiophene rings is 1. The van der Waals surface area contributed by atoms with E-state index in [2.05, 4.69) is 41.4 Å². The number of amides is 1. The lowest BCUT2D eigenvalue weighted by molar-refractivity contribution is -0.118. The van der Waals surface area contributed by atoms with Crippen molar-refractivity contribution in [1.82, 2.24) is 15.0 Å². The monoisotopic (exact) mass is 559 g/mol. The Labute approximate surface area is 237 Å². The minimum Gasteiger partial charge on any atom is -0.372 e. The SMILES string of the molecule is CCN(CC)c1ccc(C=NNC(=O)CSc2nc3sc4c(c3c(=O)n2-c2ccc(C)cc2)CCCC4)cc1. The number of benzene rings is 2.